The lowest BCUT2D eigenvalue weighted by Gasteiger charge is -2.37. The van der Waals surface area contributed by atoms with E-state index in [0.29, 0.717) is 12.8 Å². The van der Waals surface area contributed by atoms with Crippen molar-refractivity contribution in [1.29, 1.82) is 0 Å². The molecule has 1 aliphatic carbocycles. The Kier molecular flexibility index (Phi) is 4.37. The molecule has 0 aliphatic heterocycles. The molecule has 1 saturated carbocycles. The standard InChI is InChI=1S/C16H17ClFN3O2/c1-21-8-10(7-19-21)15(9-4-12(22)5-9)20-16(23)13-3-2-11(17)6-14(13)18/h2-3,6-9,12,15,22H,4-5H2,1H3,(H,20,23)/t9?,12?,15-/m0/s1. The van der Waals surface area contributed by atoms with Crippen LogP contribution in [-0.4, -0.2) is 26.9 Å². The summed E-state index contributed by atoms with van der Waals surface area (Å²) < 4.78 is 15.6. The van der Waals surface area contributed by atoms with Crippen molar-refractivity contribution in [3.63, 3.8) is 0 Å². The maximum atomic E-state index is 13.9. The number of aryl methyl sites for hydroxylation is 1. The van der Waals surface area contributed by atoms with Crippen LogP contribution >= 0.6 is 11.6 Å². The number of halogens is 2. The van der Waals surface area contributed by atoms with Crippen molar-refractivity contribution < 1.29 is 14.3 Å². The van der Waals surface area contributed by atoms with E-state index >= 15 is 0 Å². The monoisotopic (exact) mass is 337 g/mol. The number of hydrogen-bond acceptors (Lipinski definition) is 3. The van der Waals surface area contributed by atoms with E-state index in [1.807, 2.05) is 6.20 Å². The number of aliphatic hydroxyl groups excluding tert-OH is 1. The average molecular weight is 338 g/mol. The van der Waals surface area contributed by atoms with Gasteiger partial charge in [0.25, 0.3) is 5.91 Å². The zero-order valence-corrected chi connectivity index (χ0v) is 13.3. The molecule has 1 fully saturated rings. The SMILES string of the molecule is Cn1cc([C@@H](NC(=O)c2ccc(Cl)cc2F)C2CC(O)C2)cn1. The molecule has 7 heteroatoms. The van der Waals surface area contributed by atoms with Crippen LogP contribution in [0, 0.1) is 11.7 Å². The molecule has 0 radical (unpaired) electrons. The minimum Gasteiger partial charge on any atom is -0.393 e. The van der Waals surface area contributed by atoms with Crippen molar-refractivity contribution in [2.45, 2.75) is 25.0 Å². The fourth-order valence-electron chi connectivity index (χ4n) is 2.87. The quantitative estimate of drug-likeness (QED) is 0.900. The van der Waals surface area contributed by atoms with Crippen LogP contribution in [0.15, 0.2) is 30.6 Å². The normalized spacial score (nSPS) is 21.6. The third kappa shape index (κ3) is 3.38. The molecule has 3 rings (SSSR count). The van der Waals surface area contributed by atoms with Gasteiger partial charge in [-0.3, -0.25) is 9.48 Å². The highest BCUT2D eigenvalue weighted by atomic mass is 35.5. The maximum absolute atomic E-state index is 13.9. The summed E-state index contributed by atoms with van der Waals surface area (Å²) in [5.74, 6) is -1.06. The molecule has 0 bridgehead atoms. The highest BCUT2D eigenvalue weighted by Gasteiger charge is 2.36. The number of aromatic nitrogens is 2. The van der Waals surface area contributed by atoms with E-state index in [1.165, 1.54) is 12.1 Å². The molecule has 122 valence electrons. The van der Waals surface area contributed by atoms with Crippen LogP contribution in [0.4, 0.5) is 4.39 Å². The molecule has 1 aliphatic rings. The fraction of sp³-hybridized carbons (Fsp3) is 0.375. The molecule has 1 atom stereocenters. The van der Waals surface area contributed by atoms with Gasteiger partial charge in [0.1, 0.15) is 5.82 Å². The van der Waals surface area contributed by atoms with Crippen LogP contribution in [0.25, 0.3) is 0 Å². The van der Waals surface area contributed by atoms with Gasteiger partial charge in [0.2, 0.25) is 0 Å². The Bertz CT molecular complexity index is 728. The summed E-state index contributed by atoms with van der Waals surface area (Å²) in [4.78, 5) is 12.4. The summed E-state index contributed by atoms with van der Waals surface area (Å²) >= 11 is 5.71. The smallest absolute Gasteiger partial charge is 0.254 e. The van der Waals surface area contributed by atoms with Crippen molar-refractivity contribution in [3.8, 4) is 0 Å². The molecule has 0 spiro atoms. The average Bonchev–Trinajstić information content (AvgIpc) is 2.88. The van der Waals surface area contributed by atoms with E-state index in [2.05, 4.69) is 10.4 Å². The second kappa shape index (κ2) is 6.29. The van der Waals surface area contributed by atoms with Crippen LogP contribution < -0.4 is 5.32 Å². The summed E-state index contributed by atoms with van der Waals surface area (Å²) in [7, 11) is 1.79. The minimum absolute atomic E-state index is 0.0526. The molecular formula is C16H17ClFN3O2. The molecule has 1 amide bonds. The number of carbonyl (C=O) groups is 1. The summed E-state index contributed by atoms with van der Waals surface area (Å²) in [5, 5.41) is 16.8. The van der Waals surface area contributed by atoms with E-state index < -0.39 is 11.7 Å². The van der Waals surface area contributed by atoms with Gasteiger partial charge in [0, 0.05) is 23.8 Å². The topological polar surface area (TPSA) is 67.2 Å². The van der Waals surface area contributed by atoms with Crippen LogP contribution in [0.5, 0.6) is 0 Å². The lowest BCUT2D eigenvalue weighted by molar-refractivity contribution is 0.0234. The fourth-order valence-corrected chi connectivity index (χ4v) is 3.03. The molecule has 0 saturated heterocycles. The van der Waals surface area contributed by atoms with E-state index in [0.717, 1.165) is 11.6 Å². The Morgan fingerprint density at radius 3 is 2.83 bits per heavy atom. The predicted molar refractivity (Wildman–Crippen MR) is 83.6 cm³/mol. The van der Waals surface area contributed by atoms with Crippen LogP contribution in [0.3, 0.4) is 0 Å². The number of carbonyl (C=O) groups excluding carboxylic acids is 1. The van der Waals surface area contributed by atoms with Gasteiger partial charge in [-0.05, 0) is 37.0 Å². The van der Waals surface area contributed by atoms with Gasteiger partial charge >= 0.3 is 0 Å². The Balaban J connectivity index is 1.81. The first-order valence-corrected chi connectivity index (χ1v) is 7.74. The first-order valence-electron chi connectivity index (χ1n) is 7.36. The number of benzene rings is 1. The van der Waals surface area contributed by atoms with E-state index in [-0.39, 0.29) is 28.6 Å². The van der Waals surface area contributed by atoms with Gasteiger partial charge in [0.05, 0.1) is 23.9 Å². The van der Waals surface area contributed by atoms with Gasteiger partial charge in [-0.1, -0.05) is 11.6 Å². The Labute approximate surface area is 138 Å². The molecule has 1 heterocycles. The predicted octanol–water partition coefficient (Wildman–Crippen LogP) is 2.45. The number of nitrogens with one attached hydrogen (secondary N) is 1. The van der Waals surface area contributed by atoms with Crippen LogP contribution in [-0.2, 0) is 7.05 Å². The van der Waals surface area contributed by atoms with Gasteiger partial charge in [-0.25, -0.2) is 4.39 Å². The van der Waals surface area contributed by atoms with Gasteiger partial charge in [0.15, 0.2) is 0 Å². The molecule has 2 aromatic rings. The lowest BCUT2D eigenvalue weighted by atomic mass is 9.75. The summed E-state index contributed by atoms with van der Waals surface area (Å²) in [5.41, 5.74) is 0.787. The molecule has 23 heavy (non-hydrogen) atoms. The Hall–Kier alpha value is -1.92. The first kappa shape index (κ1) is 16.0. The van der Waals surface area contributed by atoms with Gasteiger partial charge in [-0.15, -0.1) is 0 Å². The summed E-state index contributed by atoms with van der Waals surface area (Å²) in [6, 6.07) is 3.65. The van der Waals surface area contributed by atoms with Gasteiger partial charge in [-0.2, -0.15) is 5.10 Å². The minimum atomic E-state index is -0.659. The summed E-state index contributed by atoms with van der Waals surface area (Å²) in [6.45, 7) is 0. The maximum Gasteiger partial charge on any atom is 0.254 e. The second-order valence-electron chi connectivity index (χ2n) is 5.91. The van der Waals surface area contributed by atoms with Gasteiger partial charge < -0.3 is 10.4 Å². The Morgan fingerprint density at radius 1 is 1.52 bits per heavy atom. The van der Waals surface area contributed by atoms with Crippen molar-refractivity contribution in [2.24, 2.45) is 13.0 Å². The number of hydrogen-bond donors (Lipinski definition) is 2. The number of nitrogens with zero attached hydrogens (tertiary/aromatic N) is 2. The largest absolute Gasteiger partial charge is 0.393 e. The number of aliphatic hydroxyl groups is 1. The molecule has 1 aromatic heterocycles. The molecule has 0 unspecified atom stereocenters. The van der Waals surface area contributed by atoms with Crippen molar-refractivity contribution >= 4 is 17.5 Å². The summed E-state index contributed by atoms with van der Waals surface area (Å²) in [6.07, 6.45) is 4.34. The number of rotatable bonds is 4. The van der Waals surface area contributed by atoms with Crippen molar-refractivity contribution in [2.75, 3.05) is 0 Å². The van der Waals surface area contributed by atoms with E-state index in [4.69, 9.17) is 11.6 Å². The Morgan fingerprint density at radius 2 is 2.26 bits per heavy atom. The zero-order valence-electron chi connectivity index (χ0n) is 12.5. The molecule has 1 aromatic carbocycles. The molecule has 2 N–H and O–H groups in total. The van der Waals surface area contributed by atoms with Crippen molar-refractivity contribution in [3.05, 3.63) is 52.6 Å². The zero-order chi connectivity index (χ0) is 16.6. The van der Waals surface area contributed by atoms with E-state index in [9.17, 15) is 14.3 Å². The highest BCUT2D eigenvalue weighted by Crippen LogP contribution is 2.38. The highest BCUT2D eigenvalue weighted by molar-refractivity contribution is 6.30. The number of amides is 1. The van der Waals surface area contributed by atoms with Crippen LogP contribution in [0.2, 0.25) is 5.02 Å². The third-order valence-corrected chi connectivity index (χ3v) is 4.40. The lowest BCUT2D eigenvalue weighted by Crippen LogP contribution is -2.41. The first-order chi connectivity index (χ1) is 10.9. The van der Waals surface area contributed by atoms with Crippen LogP contribution in [0.1, 0.15) is 34.8 Å². The molecule has 5 nitrogen and oxygen atoms in total. The second-order valence-corrected chi connectivity index (χ2v) is 6.34. The van der Waals surface area contributed by atoms with Crippen molar-refractivity contribution in [1.82, 2.24) is 15.1 Å². The third-order valence-electron chi connectivity index (χ3n) is 4.17. The molecular weight excluding hydrogens is 321 g/mol. The van der Waals surface area contributed by atoms with E-state index in [1.54, 1.807) is 17.9 Å².